The summed E-state index contributed by atoms with van der Waals surface area (Å²) in [6, 6.07) is 0. The molecule has 0 bridgehead atoms. The summed E-state index contributed by atoms with van der Waals surface area (Å²) in [4.78, 5) is 13.9. The fourth-order valence-electron chi connectivity index (χ4n) is 0.357. The number of hydrogen-bond donors (Lipinski definition) is 1. The lowest BCUT2D eigenvalue weighted by Crippen LogP contribution is -2.02. The van der Waals surface area contributed by atoms with Gasteiger partial charge >= 0.3 is 6.72 Å². The van der Waals surface area contributed by atoms with E-state index in [9.17, 15) is 4.89 Å². The highest BCUT2D eigenvalue weighted by molar-refractivity contribution is 8.07. The van der Waals surface area contributed by atoms with E-state index in [0.717, 1.165) is 6.26 Å². The summed E-state index contributed by atoms with van der Waals surface area (Å²) < 4.78 is 8.90. The van der Waals surface area contributed by atoms with Gasteiger partial charge in [0.15, 0.2) is 0 Å². The molecule has 0 aromatic rings. The van der Waals surface area contributed by atoms with Gasteiger partial charge in [-0.25, -0.2) is 4.89 Å². The zero-order valence-corrected chi connectivity index (χ0v) is 10.9. The molecule has 0 spiro atoms. The van der Waals surface area contributed by atoms with Crippen molar-refractivity contribution in [1.82, 2.24) is 0 Å². The molecule has 1 unspecified atom stereocenters. The molecule has 84 valence electrons. The summed E-state index contributed by atoms with van der Waals surface area (Å²) in [7, 11) is 0. The number of hydrogen-bond acceptors (Lipinski definition) is 4. The Bertz CT molecular complexity index is 242. The number of halogens is 2. The van der Waals surface area contributed by atoms with E-state index < -0.39 is 6.72 Å². The molecule has 4 nitrogen and oxygen atoms in total. The van der Waals surface area contributed by atoms with Gasteiger partial charge in [0.05, 0.1) is 6.61 Å². The highest BCUT2D eigenvalue weighted by Crippen LogP contribution is 2.44. The van der Waals surface area contributed by atoms with Gasteiger partial charge in [0, 0.05) is 11.8 Å². The normalized spacial score (nSPS) is 15.0. The van der Waals surface area contributed by atoms with Crippen LogP contribution in [0.1, 0.15) is 13.8 Å². The molecule has 0 saturated heterocycles. The van der Waals surface area contributed by atoms with E-state index in [1.54, 1.807) is 0 Å². The van der Waals surface area contributed by atoms with Crippen molar-refractivity contribution in [1.29, 1.82) is 0 Å². The van der Waals surface area contributed by atoms with Crippen LogP contribution in [0.15, 0.2) is 10.8 Å². The molecule has 0 aromatic carbocycles. The third-order valence-electron chi connectivity index (χ3n) is 0.823. The van der Waals surface area contributed by atoms with Gasteiger partial charge in [0.1, 0.15) is 10.8 Å². The summed E-state index contributed by atoms with van der Waals surface area (Å²) in [5, 5.41) is 0. The predicted molar refractivity (Wildman–Crippen MR) is 59.3 cm³/mol. The minimum Gasteiger partial charge on any atom is -0.428 e. The van der Waals surface area contributed by atoms with Crippen LogP contribution in [0, 0.1) is 5.92 Å². The molecular formula is C6H11Cl2O4PS. The summed E-state index contributed by atoms with van der Waals surface area (Å²) in [6.07, 6.45) is 0.891. The van der Waals surface area contributed by atoms with Crippen LogP contribution < -0.4 is 0 Å². The first kappa shape index (κ1) is 14.6. The lowest BCUT2D eigenvalue weighted by Gasteiger charge is -2.13. The van der Waals surface area contributed by atoms with Crippen LogP contribution in [0.3, 0.4) is 0 Å². The van der Waals surface area contributed by atoms with E-state index in [1.165, 1.54) is 0 Å². The second-order valence-corrected chi connectivity index (χ2v) is 6.42. The van der Waals surface area contributed by atoms with Gasteiger partial charge in [-0.2, -0.15) is 0 Å². The maximum atomic E-state index is 9.27. The maximum Gasteiger partial charge on any atom is 0.405 e. The Morgan fingerprint density at radius 3 is 2.57 bits per heavy atom. The van der Waals surface area contributed by atoms with Crippen molar-refractivity contribution in [2.24, 2.45) is 5.92 Å². The maximum absolute atomic E-state index is 9.27. The Labute approximate surface area is 97.9 Å². The van der Waals surface area contributed by atoms with Crippen molar-refractivity contribution >= 4 is 41.7 Å². The topological polar surface area (TPSA) is 47.9 Å². The molecule has 0 saturated carbocycles. The van der Waals surface area contributed by atoms with Crippen molar-refractivity contribution in [3.63, 3.8) is 0 Å². The average molecular weight is 281 g/mol. The van der Waals surface area contributed by atoms with E-state index in [2.05, 4.69) is 25.9 Å². The number of rotatable bonds is 6. The summed E-state index contributed by atoms with van der Waals surface area (Å²) in [5.41, 5.74) is 0. The van der Waals surface area contributed by atoms with E-state index in [-0.39, 0.29) is 10.4 Å². The van der Waals surface area contributed by atoms with Crippen molar-refractivity contribution in [3.8, 4) is 0 Å². The van der Waals surface area contributed by atoms with E-state index in [4.69, 9.17) is 23.2 Å². The largest absolute Gasteiger partial charge is 0.428 e. The molecule has 0 rings (SSSR count). The second-order valence-electron chi connectivity index (χ2n) is 2.73. The Hall–Kier alpha value is 0.650. The molecule has 1 N–H and O–H groups in total. The summed E-state index contributed by atoms with van der Waals surface area (Å²) in [5.74, 6) is 0.261. The first-order valence-electron chi connectivity index (χ1n) is 3.67. The zero-order chi connectivity index (χ0) is 11.2. The van der Waals surface area contributed by atoms with Gasteiger partial charge in [0.2, 0.25) is 0 Å². The third kappa shape index (κ3) is 9.21. The quantitative estimate of drug-likeness (QED) is 0.351. The van der Waals surface area contributed by atoms with Crippen LogP contribution in [0.25, 0.3) is 0 Å². The van der Waals surface area contributed by atoms with Crippen LogP contribution in [0.4, 0.5) is 0 Å². The minimum absolute atomic E-state index is 0.166. The lowest BCUT2D eigenvalue weighted by atomic mass is 10.2. The first-order chi connectivity index (χ1) is 6.33. The fourth-order valence-corrected chi connectivity index (χ4v) is 1.30. The Morgan fingerprint density at radius 2 is 2.14 bits per heavy atom. The van der Waals surface area contributed by atoms with Crippen LogP contribution in [0.2, 0.25) is 0 Å². The first-order valence-corrected chi connectivity index (χ1v) is 7.02. The predicted octanol–water partition coefficient (Wildman–Crippen LogP) is 3.10. The molecule has 0 aromatic heterocycles. The molecule has 8 heteroatoms. The highest BCUT2D eigenvalue weighted by Gasteiger charge is 2.16. The van der Waals surface area contributed by atoms with Gasteiger partial charge in [-0.05, 0) is 5.92 Å². The molecule has 0 amide bonds. The summed E-state index contributed by atoms with van der Waals surface area (Å²) >= 11 is 15.0. The van der Waals surface area contributed by atoms with Crippen molar-refractivity contribution < 1.29 is 19.0 Å². The average Bonchev–Trinajstić information content (AvgIpc) is 2.00. The van der Waals surface area contributed by atoms with E-state index >= 15 is 0 Å². The van der Waals surface area contributed by atoms with Gasteiger partial charge in [-0.15, -0.1) is 4.67 Å². The van der Waals surface area contributed by atoms with Crippen molar-refractivity contribution in [2.45, 2.75) is 13.8 Å². The van der Waals surface area contributed by atoms with E-state index in [0.29, 0.717) is 6.61 Å². The molecule has 0 radical (unpaired) electrons. The van der Waals surface area contributed by atoms with Crippen LogP contribution in [-0.4, -0.2) is 11.5 Å². The molecule has 0 heterocycles. The third-order valence-corrected chi connectivity index (χ3v) is 2.11. The Balaban J connectivity index is 3.84. The van der Waals surface area contributed by atoms with Gasteiger partial charge in [-0.1, -0.05) is 37.0 Å². The highest BCUT2D eigenvalue weighted by atomic mass is 35.5. The van der Waals surface area contributed by atoms with Crippen LogP contribution >= 0.6 is 29.9 Å². The fraction of sp³-hybridized carbons (Fsp3) is 0.667. The van der Waals surface area contributed by atoms with Crippen LogP contribution in [0.5, 0.6) is 0 Å². The van der Waals surface area contributed by atoms with Crippen LogP contribution in [-0.2, 0) is 25.9 Å². The lowest BCUT2D eigenvalue weighted by molar-refractivity contribution is -0.221. The van der Waals surface area contributed by atoms with Crippen molar-refractivity contribution in [3.05, 3.63) is 10.8 Å². The standard InChI is InChI=1S/C6H11Cl2O4PS/c1-5(2)3-10-12-13(9,14)11-4-6(7)8/h4-5H,3H2,1-2H3,(H,9,14). The molecule has 0 aliphatic carbocycles. The zero-order valence-electron chi connectivity index (χ0n) is 7.65. The van der Waals surface area contributed by atoms with Gasteiger partial charge in [0.25, 0.3) is 0 Å². The van der Waals surface area contributed by atoms with E-state index in [1.807, 2.05) is 13.8 Å². The molecule has 0 fully saturated rings. The monoisotopic (exact) mass is 280 g/mol. The Morgan fingerprint density at radius 1 is 1.57 bits per heavy atom. The smallest absolute Gasteiger partial charge is 0.405 e. The van der Waals surface area contributed by atoms with Gasteiger partial charge in [-0.3, -0.25) is 0 Å². The second kappa shape index (κ2) is 7.01. The summed E-state index contributed by atoms with van der Waals surface area (Å²) in [6.45, 7) is 0.704. The van der Waals surface area contributed by atoms with Gasteiger partial charge < -0.3 is 9.42 Å². The molecule has 0 aliphatic heterocycles. The minimum atomic E-state index is -3.44. The molecule has 1 atom stereocenters. The van der Waals surface area contributed by atoms with Crippen molar-refractivity contribution in [2.75, 3.05) is 6.61 Å². The molecule has 14 heavy (non-hydrogen) atoms. The SMILES string of the molecule is CC(C)COOP(O)(=S)OC=C(Cl)Cl. The molecular weight excluding hydrogens is 270 g/mol. The molecule has 0 aliphatic rings. The Kier molecular flexibility index (Phi) is 7.34.